The van der Waals surface area contributed by atoms with Gasteiger partial charge in [-0.2, -0.15) is 29.8 Å². The second-order valence-corrected chi connectivity index (χ2v) is 7.31. The molecule has 0 unspecified atom stereocenters. The Morgan fingerprint density at radius 3 is 1.93 bits per heavy atom. The van der Waals surface area contributed by atoms with E-state index in [4.69, 9.17) is 0 Å². The van der Waals surface area contributed by atoms with Crippen LogP contribution in [-0.2, 0) is 40.6 Å². The molecule has 3 aromatic rings. The zero-order valence-electron chi connectivity index (χ0n) is 16.0. The van der Waals surface area contributed by atoms with Crippen molar-refractivity contribution in [3.8, 4) is 0 Å². The third-order valence-corrected chi connectivity index (χ3v) is 3.64. The van der Waals surface area contributed by atoms with Crippen molar-refractivity contribution in [3.05, 3.63) is 102 Å². The van der Waals surface area contributed by atoms with Crippen LogP contribution >= 0.6 is 0 Å². The summed E-state index contributed by atoms with van der Waals surface area (Å²) in [6.07, 6.45) is 4.61. The van der Waals surface area contributed by atoms with Gasteiger partial charge in [0.2, 0.25) is 0 Å². The number of allylic oxidation sites excluding steroid dienone is 1. The van der Waals surface area contributed by atoms with Gasteiger partial charge in [0, 0.05) is 17.1 Å². The van der Waals surface area contributed by atoms with E-state index in [-0.39, 0.29) is 39.9 Å². The molecule has 0 amide bonds. The van der Waals surface area contributed by atoms with E-state index < -0.39 is 0 Å². The molecule has 0 saturated heterocycles. The standard InChI is InChI=1S/C14H11O.C10H15.2Fe/c15-14(13-8-4-5-9-13)11-10-12-6-2-1-3-7-12;1-10(2,3)8-9-6-4-5-7-9;;/h1-11H;4-7H,8H2,1-3H3;;/q2*-1;;+2. The molecule has 0 aliphatic heterocycles. The maximum atomic E-state index is 11.6. The monoisotopic (exact) mass is 442 g/mol. The van der Waals surface area contributed by atoms with E-state index in [0.717, 1.165) is 11.1 Å². The van der Waals surface area contributed by atoms with Crippen LogP contribution in [0.3, 0.4) is 0 Å². The summed E-state index contributed by atoms with van der Waals surface area (Å²) in [5, 5.41) is 0. The number of ketones is 1. The van der Waals surface area contributed by atoms with E-state index in [1.807, 2.05) is 60.7 Å². The number of hydrogen-bond donors (Lipinski definition) is 0. The Hall–Kier alpha value is -1.63. The molecule has 0 atom stereocenters. The van der Waals surface area contributed by atoms with Crippen LogP contribution < -0.4 is 0 Å². The number of hydrogen-bond acceptors (Lipinski definition) is 1. The van der Waals surface area contributed by atoms with Crippen molar-refractivity contribution < 1.29 is 38.9 Å². The maximum Gasteiger partial charge on any atom is 2.00 e. The first-order chi connectivity index (χ1) is 11.9. The van der Waals surface area contributed by atoms with Gasteiger partial charge < -0.3 is 4.79 Å². The fourth-order valence-electron chi connectivity index (χ4n) is 2.51. The van der Waals surface area contributed by atoms with Crippen molar-refractivity contribution in [2.45, 2.75) is 27.2 Å². The van der Waals surface area contributed by atoms with E-state index >= 15 is 0 Å². The van der Waals surface area contributed by atoms with E-state index in [2.05, 4.69) is 45.0 Å². The smallest absolute Gasteiger partial charge is 0.311 e. The van der Waals surface area contributed by atoms with Crippen LogP contribution in [0.2, 0.25) is 0 Å². The minimum atomic E-state index is 0. The van der Waals surface area contributed by atoms with Gasteiger partial charge in [-0.05, 0) is 11.0 Å². The first-order valence-corrected chi connectivity index (χ1v) is 8.64. The van der Waals surface area contributed by atoms with Crippen molar-refractivity contribution in [3.63, 3.8) is 0 Å². The van der Waals surface area contributed by atoms with E-state index in [0.29, 0.717) is 5.41 Å². The zero-order chi connectivity index (χ0) is 18.1. The Morgan fingerprint density at radius 2 is 1.41 bits per heavy atom. The van der Waals surface area contributed by atoms with Crippen molar-refractivity contribution in [2.75, 3.05) is 0 Å². The fraction of sp³-hybridized carbons (Fsp3) is 0.208. The van der Waals surface area contributed by atoms with Crippen LogP contribution in [0.25, 0.3) is 6.08 Å². The molecule has 0 N–H and O–H groups in total. The Labute approximate surface area is 184 Å². The minimum Gasteiger partial charge on any atom is -0.311 e. The molecule has 0 spiro atoms. The van der Waals surface area contributed by atoms with Crippen molar-refractivity contribution in [1.82, 2.24) is 0 Å². The Morgan fingerprint density at radius 1 is 0.889 bits per heavy atom. The second-order valence-electron chi connectivity index (χ2n) is 7.31. The predicted molar refractivity (Wildman–Crippen MR) is 107 cm³/mol. The summed E-state index contributed by atoms with van der Waals surface area (Å²) in [6, 6.07) is 25.7. The molecule has 0 bridgehead atoms. The molecule has 3 rings (SSSR count). The number of benzene rings is 1. The first-order valence-electron chi connectivity index (χ1n) is 8.64. The third kappa shape index (κ3) is 10.3. The molecule has 0 aliphatic carbocycles. The Balaban J connectivity index is 0.000000500. The van der Waals surface area contributed by atoms with E-state index in [1.54, 1.807) is 6.08 Å². The molecule has 3 aromatic carbocycles. The van der Waals surface area contributed by atoms with E-state index in [9.17, 15) is 4.79 Å². The van der Waals surface area contributed by atoms with Gasteiger partial charge >= 0.3 is 17.1 Å². The summed E-state index contributed by atoms with van der Waals surface area (Å²) in [7, 11) is 0. The molecule has 0 fully saturated rings. The summed E-state index contributed by atoms with van der Waals surface area (Å²) in [4.78, 5) is 11.6. The molecule has 0 radical (unpaired) electrons. The largest absolute Gasteiger partial charge is 2.00 e. The molecular formula is C24H26Fe2O. The van der Waals surface area contributed by atoms with Crippen LogP contribution in [0.15, 0.2) is 84.9 Å². The Kier molecular flexibility index (Phi) is 11.9. The number of carbonyl (C=O) groups is 1. The van der Waals surface area contributed by atoms with Crippen LogP contribution in [0.5, 0.6) is 0 Å². The SMILES string of the molecule is CC(C)(C)C[c-]1cccc1.O=C(C=Cc1ccccc1)[c-]1cccc1.[Fe+2].[Fe]. The molecule has 144 valence electrons. The van der Waals surface area contributed by atoms with Crippen LogP contribution in [0.4, 0.5) is 0 Å². The van der Waals surface area contributed by atoms with Gasteiger partial charge in [-0.1, -0.05) is 75.2 Å². The summed E-state index contributed by atoms with van der Waals surface area (Å²) in [5.74, 6) is 0.0452. The molecule has 0 heterocycles. The molecule has 0 saturated carbocycles. The van der Waals surface area contributed by atoms with Gasteiger partial charge in [0.15, 0.2) is 0 Å². The van der Waals surface area contributed by atoms with Crippen LogP contribution in [0.1, 0.15) is 42.3 Å². The van der Waals surface area contributed by atoms with Gasteiger partial charge in [-0.25, -0.2) is 12.1 Å². The van der Waals surface area contributed by atoms with Gasteiger partial charge in [0.25, 0.3) is 0 Å². The molecule has 3 heteroatoms. The zero-order valence-corrected chi connectivity index (χ0v) is 18.2. The van der Waals surface area contributed by atoms with Crippen LogP contribution in [-0.4, -0.2) is 5.78 Å². The minimum absolute atomic E-state index is 0. The molecule has 1 nitrogen and oxygen atoms in total. The molecule has 0 aliphatic rings. The number of carbonyl (C=O) groups excluding carboxylic acids is 1. The summed E-state index contributed by atoms with van der Waals surface area (Å²) in [6.45, 7) is 6.79. The second kappa shape index (κ2) is 12.7. The van der Waals surface area contributed by atoms with E-state index in [1.165, 1.54) is 12.0 Å². The normalized spacial score (nSPS) is 10.3. The fourth-order valence-corrected chi connectivity index (χ4v) is 2.51. The molecule has 0 aromatic heterocycles. The maximum absolute atomic E-state index is 11.6. The van der Waals surface area contributed by atoms with Crippen molar-refractivity contribution in [2.24, 2.45) is 5.41 Å². The average molecular weight is 442 g/mol. The molecular weight excluding hydrogens is 416 g/mol. The van der Waals surface area contributed by atoms with Gasteiger partial charge in [0.1, 0.15) is 5.78 Å². The topological polar surface area (TPSA) is 17.1 Å². The first kappa shape index (κ1) is 25.4. The predicted octanol–water partition coefficient (Wildman–Crippen LogP) is 6.29. The summed E-state index contributed by atoms with van der Waals surface area (Å²) in [5.41, 5.74) is 3.65. The third-order valence-electron chi connectivity index (χ3n) is 3.64. The number of rotatable bonds is 4. The van der Waals surface area contributed by atoms with Gasteiger partial charge in [0.05, 0.1) is 0 Å². The average Bonchev–Trinajstić information content (AvgIpc) is 3.26. The van der Waals surface area contributed by atoms with Crippen LogP contribution in [0, 0.1) is 5.41 Å². The van der Waals surface area contributed by atoms with Crippen molar-refractivity contribution in [1.29, 1.82) is 0 Å². The van der Waals surface area contributed by atoms with Gasteiger partial charge in [-0.3, -0.25) is 0 Å². The summed E-state index contributed by atoms with van der Waals surface area (Å²) >= 11 is 0. The van der Waals surface area contributed by atoms with Gasteiger partial charge in [-0.15, -0.1) is 12.1 Å². The quantitative estimate of drug-likeness (QED) is 0.201. The molecule has 27 heavy (non-hydrogen) atoms. The summed E-state index contributed by atoms with van der Waals surface area (Å²) < 4.78 is 0. The Bertz CT molecular complexity index is 762. The van der Waals surface area contributed by atoms with Crippen molar-refractivity contribution >= 4 is 11.9 Å².